The number of carbonyl (C=O) groups is 2. The van der Waals surface area contributed by atoms with Crippen LogP contribution in [0.15, 0.2) is 53.3 Å². The standard InChI is InChI=1S/C30H31N5O4/c1-18-27(20(3)39-34-18)24-10-12-26(33-28(36)19(2)35(29(37)38)17-30(4,5)6)32-25(24)11-8-21-7-9-23-16-31-14-13-22(23)15-21/h7,9-10,12-16,19H,17H2,1-6H3,(H,37,38)(H,32,33,36). The largest absolute Gasteiger partial charge is 0.465 e. The number of amides is 2. The molecule has 0 aliphatic carbocycles. The lowest BCUT2D eigenvalue weighted by molar-refractivity contribution is -0.120. The second-order valence-electron chi connectivity index (χ2n) is 10.6. The number of hydrogen-bond acceptors (Lipinski definition) is 6. The van der Waals surface area contributed by atoms with Crippen LogP contribution in [0.1, 0.15) is 50.4 Å². The van der Waals surface area contributed by atoms with E-state index < -0.39 is 18.0 Å². The van der Waals surface area contributed by atoms with Crippen LogP contribution in [0.4, 0.5) is 10.6 Å². The number of carboxylic acid groups (broad SMARTS) is 1. The molecule has 9 heteroatoms. The van der Waals surface area contributed by atoms with E-state index in [0.29, 0.717) is 17.1 Å². The van der Waals surface area contributed by atoms with Gasteiger partial charge in [0, 0.05) is 35.5 Å². The predicted molar refractivity (Wildman–Crippen MR) is 149 cm³/mol. The lowest BCUT2D eigenvalue weighted by Gasteiger charge is -2.31. The molecule has 200 valence electrons. The number of carbonyl (C=O) groups excluding carboxylic acids is 1. The normalized spacial score (nSPS) is 11.9. The van der Waals surface area contributed by atoms with Gasteiger partial charge in [0.05, 0.1) is 11.3 Å². The van der Waals surface area contributed by atoms with Crippen molar-refractivity contribution in [1.29, 1.82) is 0 Å². The van der Waals surface area contributed by atoms with E-state index in [4.69, 9.17) is 4.52 Å². The average Bonchev–Trinajstić information content (AvgIpc) is 3.22. The van der Waals surface area contributed by atoms with Crippen LogP contribution < -0.4 is 5.32 Å². The van der Waals surface area contributed by atoms with E-state index in [2.05, 4.69) is 32.3 Å². The Morgan fingerprint density at radius 1 is 1.10 bits per heavy atom. The number of benzene rings is 1. The molecule has 0 fully saturated rings. The van der Waals surface area contributed by atoms with Crippen LogP contribution in [0.3, 0.4) is 0 Å². The molecule has 3 heterocycles. The van der Waals surface area contributed by atoms with Gasteiger partial charge in [0.2, 0.25) is 5.91 Å². The van der Waals surface area contributed by atoms with E-state index in [-0.39, 0.29) is 17.8 Å². The summed E-state index contributed by atoms with van der Waals surface area (Å²) in [5.41, 5.74) is 3.10. The number of nitrogens with zero attached hydrogens (tertiary/aromatic N) is 4. The second-order valence-corrected chi connectivity index (χ2v) is 10.6. The lowest BCUT2D eigenvalue weighted by Crippen LogP contribution is -2.48. The van der Waals surface area contributed by atoms with E-state index in [0.717, 1.165) is 32.4 Å². The monoisotopic (exact) mass is 525 g/mol. The van der Waals surface area contributed by atoms with Crippen molar-refractivity contribution in [2.45, 2.75) is 47.6 Å². The first-order valence-corrected chi connectivity index (χ1v) is 12.5. The van der Waals surface area contributed by atoms with Crippen LogP contribution in [0.5, 0.6) is 0 Å². The van der Waals surface area contributed by atoms with Crippen molar-refractivity contribution < 1.29 is 19.2 Å². The summed E-state index contributed by atoms with van der Waals surface area (Å²) in [5, 5.41) is 18.5. The van der Waals surface area contributed by atoms with Gasteiger partial charge in [0.25, 0.3) is 0 Å². The van der Waals surface area contributed by atoms with Gasteiger partial charge in [0.15, 0.2) is 0 Å². The van der Waals surface area contributed by atoms with Gasteiger partial charge in [0.1, 0.15) is 23.3 Å². The fraction of sp³-hybridized carbons (Fsp3) is 0.300. The quantitative estimate of drug-likeness (QED) is 0.323. The molecule has 0 bridgehead atoms. The number of aryl methyl sites for hydroxylation is 2. The van der Waals surface area contributed by atoms with E-state index >= 15 is 0 Å². The number of rotatable bonds is 5. The Morgan fingerprint density at radius 2 is 1.87 bits per heavy atom. The van der Waals surface area contributed by atoms with E-state index in [9.17, 15) is 14.7 Å². The Bertz CT molecular complexity index is 1590. The number of anilines is 1. The zero-order chi connectivity index (χ0) is 28.3. The zero-order valence-corrected chi connectivity index (χ0v) is 22.9. The second kappa shape index (κ2) is 11.0. The molecule has 0 aliphatic rings. The molecule has 1 aromatic carbocycles. The molecule has 0 aliphatic heterocycles. The third kappa shape index (κ3) is 6.41. The minimum absolute atomic E-state index is 0.202. The molecule has 3 aromatic heterocycles. The van der Waals surface area contributed by atoms with Gasteiger partial charge in [-0.25, -0.2) is 9.78 Å². The van der Waals surface area contributed by atoms with Gasteiger partial charge in [-0.1, -0.05) is 37.9 Å². The zero-order valence-electron chi connectivity index (χ0n) is 22.9. The van der Waals surface area contributed by atoms with E-state index in [1.807, 2.05) is 58.9 Å². The van der Waals surface area contributed by atoms with Gasteiger partial charge in [-0.05, 0) is 67.8 Å². The minimum Gasteiger partial charge on any atom is -0.465 e. The van der Waals surface area contributed by atoms with Crippen molar-refractivity contribution in [3.63, 3.8) is 0 Å². The van der Waals surface area contributed by atoms with Crippen molar-refractivity contribution in [3.05, 3.63) is 71.5 Å². The predicted octanol–water partition coefficient (Wildman–Crippen LogP) is 5.65. The molecule has 0 radical (unpaired) electrons. The number of pyridine rings is 2. The third-order valence-electron chi connectivity index (χ3n) is 6.15. The first kappa shape index (κ1) is 27.3. The summed E-state index contributed by atoms with van der Waals surface area (Å²) in [5.74, 6) is 6.73. The van der Waals surface area contributed by atoms with Crippen LogP contribution in [0, 0.1) is 31.1 Å². The molecule has 4 rings (SSSR count). The molecule has 0 spiro atoms. The highest BCUT2D eigenvalue weighted by Crippen LogP contribution is 2.30. The molecule has 2 N–H and O–H groups in total. The van der Waals surface area contributed by atoms with Crippen molar-refractivity contribution in [3.8, 4) is 23.0 Å². The van der Waals surface area contributed by atoms with Crippen LogP contribution in [0.2, 0.25) is 0 Å². The lowest BCUT2D eigenvalue weighted by atomic mass is 9.95. The maximum absolute atomic E-state index is 13.1. The van der Waals surface area contributed by atoms with E-state index in [1.165, 1.54) is 0 Å². The fourth-order valence-electron chi connectivity index (χ4n) is 4.24. The Hall–Kier alpha value is -4.71. The van der Waals surface area contributed by atoms with Gasteiger partial charge in [-0.15, -0.1) is 0 Å². The van der Waals surface area contributed by atoms with Crippen molar-refractivity contribution >= 4 is 28.6 Å². The number of nitrogens with one attached hydrogen (secondary N) is 1. The Balaban J connectivity index is 1.70. The summed E-state index contributed by atoms with van der Waals surface area (Å²) in [4.78, 5) is 34.8. The third-order valence-corrected chi connectivity index (χ3v) is 6.15. The molecule has 0 saturated carbocycles. The van der Waals surface area contributed by atoms with Crippen LogP contribution in [-0.4, -0.2) is 49.7 Å². The van der Waals surface area contributed by atoms with Gasteiger partial charge >= 0.3 is 6.09 Å². The Morgan fingerprint density at radius 3 is 2.54 bits per heavy atom. The molecule has 39 heavy (non-hydrogen) atoms. The van der Waals surface area contributed by atoms with E-state index in [1.54, 1.807) is 31.5 Å². The first-order valence-electron chi connectivity index (χ1n) is 12.5. The highest BCUT2D eigenvalue weighted by molar-refractivity contribution is 5.95. The smallest absolute Gasteiger partial charge is 0.407 e. The molecular formula is C30H31N5O4. The minimum atomic E-state index is -1.16. The summed E-state index contributed by atoms with van der Waals surface area (Å²) < 4.78 is 5.37. The number of aromatic nitrogens is 3. The number of fused-ring (bicyclic) bond motifs is 1. The average molecular weight is 526 g/mol. The first-order chi connectivity index (χ1) is 18.4. The SMILES string of the molecule is Cc1noc(C)c1-c1ccc(NC(=O)C(C)N(CC(C)(C)C)C(=O)O)nc1C#Cc1ccc2cnccc2c1. The number of hydrogen-bond donors (Lipinski definition) is 2. The highest BCUT2D eigenvalue weighted by atomic mass is 16.5. The molecular weight excluding hydrogens is 494 g/mol. The van der Waals surface area contributed by atoms with Crippen molar-refractivity contribution in [2.24, 2.45) is 5.41 Å². The molecule has 1 unspecified atom stereocenters. The molecule has 1 atom stereocenters. The van der Waals surface area contributed by atoms with Crippen LogP contribution >= 0.6 is 0 Å². The Labute approximate surface area is 227 Å². The fourth-order valence-corrected chi connectivity index (χ4v) is 4.24. The molecule has 0 saturated heterocycles. The molecule has 4 aromatic rings. The van der Waals surface area contributed by atoms with Crippen LogP contribution in [0.25, 0.3) is 21.9 Å². The molecule has 9 nitrogen and oxygen atoms in total. The summed E-state index contributed by atoms with van der Waals surface area (Å²) >= 11 is 0. The summed E-state index contributed by atoms with van der Waals surface area (Å²) in [6, 6.07) is 10.3. The summed E-state index contributed by atoms with van der Waals surface area (Å²) in [6.45, 7) is 11.2. The summed E-state index contributed by atoms with van der Waals surface area (Å²) in [6.07, 6.45) is 2.37. The Kier molecular flexibility index (Phi) is 7.68. The molecule has 2 amide bonds. The maximum atomic E-state index is 13.1. The highest BCUT2D eigenvalue weighted by Gasteiger charge is 2.29. The van der Waals surface area contributed by atoms with Crippen molar-refractivity contribution in [1.82, 2.24) is 20.0 Å². The van der Waals surface area contributed by atoms with Gasteiger partial charge in [-0.3, -0.25) is 14.7 Å². The maximum Gasteiger partial charge on any atom is 0.407 e. The van der Waals surface area contributed by atoms with Gasteiger partial charge < -0.3 is 14.9 Å². The van der Waals surface area contributed by atoms with Crippen molar-refractivity contribution in [2.75, 3.05) is 11.9 Å². The van der Waals surface area contributed by atoms with Crippen LogP contribution in [-0.2, 0) is 4.79 Å². The summed E-state index contributed by atoms with van der Waals surface area (Å²) in [7, 11) is 0. The topological polar surface area (TPSA) is 121 Å². The van der Waals surface area contributed by atoms with Gasteiger partial charge in [-0.2, -0.15) is 0 Å².